The molecule has 5 atom stereocenters. The second-order valence-corrected chi connectivity index (χ2v) is 9.73. The molecule has 1 heterocycles. The van der Waals surface area contributed by atoms with Gasteiger partial charge in [-0.15, -0.1) is 0 Å². The number of aliphatic hydroxyl groups is 1. The van der Waals surface area contributed by atoms with Crippen LogP contribution in [0, 0.1) is 0 Å². The van der Waals surface area contributed by atoms with Crippen LogP contribution in [-0.4, -0.2) is 55.6 Å². The Balaban J connectivity index is 1.56. The maximum atomic E-state index is 10.3. The van der Waals surface area contributed by atoms with Crippen molar-refractivity contribution in [3.05, 3.63) is 108 Å². The predicted octanol–water partition coefficient (Wildman–Crippen LogP) is 4.61. The Morgan fingerprint density at radius 2 is 1.08 bits per heavy atom. The van der Waals surface area contributed by atoms with Gasteiger partial charge in [-0.05, 0) is 42.5 Å². The average molecular weight is 536 g/mol. The second kappa shape index (κ2) is 16.5. The van der Waals surface area contributed by atoms with Crippen molar-refractivity contribution in [2.45, 2.75) is 69.8 Å². The lowest BCUT2D eigenvalue weighted by molar-refractivity contribution is -0.326. The molecule has 0 aliphatic carbocycles. The quantitative estimate of drug-likeness (QED) is 0.259. The summed E-state index contributed by atoms with van der Waals surface area (Å²) in [6, 6.07) is 29.9. The van der Waals surface area contributed by atoms with E-state index in [0.29, 0.717) is 33.0 Å². The lowest BCUT2D eigenvalue weighted by Gasteiger charge is -2.45. The number of benzene rings is 3. The monoisotopic (exact) mass is 535 g/mol. The summed E-state index contributed by atoms with van der Waals surface area (Å²) in [4.78, 5) is 0. The van der Waals surface area contributed by atoms with Crippen molar-refractivity contribution in [1.29, 1.82) is 0 Å². The van der Waals surface area contributed by atoms with Gasteiger partial charge in [-0.3, -0.25) is 0 Å². The topological polar surface area (TPSA) is 92.4 Å². The molecule has 1 saturated heterocycles. The maximum absolute atomic E-state index is 10.3. The normalized spacial score (nSPS) is 23.1. The number of rotatable bonds is 16. The molecule has 7 nitrogen and oxygen atoms in total. The van der Waals surface area contributed by atoms with Gasteiger partial charge in [0.15, 0.2) is 6.29 Å². The van der Waals surface area contributed by atoms with Crippen molar-refractivity contribution in [2.24, 2.45) is 5.73 Å². The van der Waals surface area contributed by atoms with Crippen LogP contribution in [-0.2, 0) is 43.5 Å². The minimum atomic E-state index is -0.721. The molecule has 0 saturated carbocycles. The minimum absolute atomic E-state index is 0.233. The maximum Gasteiger partial charge on any atom is 0.186 e. The number of aliphatic hydroxyl groups excluding tert-OH is 1. The molecule has 3 aromatic rings. The van der Waals surface area contributed by atoms with E-state index < -0.39 is 30.7 Å². The zero-order valence-corrected chi connectivity index (χ0v) is 22.5. The van der Waals surface area contributed by atoms with Crippen molar-refractivity contribution >= 4 is 0 Å². The highest BCUT2D eigenvalue weighted by molar-refractivity contribution is 5.15. The molecular weight excluding hydrogens is 494 g/mol. The van der Waals surface area contributed by atoms with Gasteiger partial charge in [0.05, 0.1) is 26.4 Å². The third kappa shape index (κ3) is 9.22. The van der Waals surface area contributed by atoms with Crippen LogP contribution >= 0.6 is 0 Å². The van der Waals surface area contributed by atoms with Gasteiger partial charge < -0.3 is 34.5 Å². The van der Waals surface area contributed by atoms with Gasteiger partial charge >= 0.3 is 0 Å². The summed E-state index contributed by atoms with van der Waals surface area (Å²) in [7, 11) is 0. The van der Waals surface area contributed by atoms with Gasteiger partial charge in [-0.1, -0.05) is 91.0 Å². The summed E-state index contributed by atoms with van der Waals surface area (Å²) in [5.41, 5.74) is 8.74. The highest BCUT2D eigenvalue weighted by Gasteiger charge is 2.48. The number of unbranched alkanes of at least 4 members (excludes halogenated alkanes) is 2. The first-order valence-electron chi connectivity index (χ1n) is 13.8. The Morgan fingerprint density at radius 1 is 0.590 bits per heavy atom. The third-order valence-corrected chi connectivity index (χ3v) is 6.76. The Morgan fingerprint density at radius 3 is 1.56 bits per heavy atom. The Labute approximate surface area is 231 Å². The molecule has 3 N–H and O–H groups in total. The molecule has 0 spiro atoms. The van der Waals surface area contributed by atoms with Crippen LogP contribution in [0.1, 0.15) is 36.0 Å². The van der Waals surface area contributed by atoms with Crippen LogP contribution in [0.25, 0.3) is 0 Å². The van der Waals surface area contributed by atoms with E-state index in [1.807, 2.05) is 91.0 Å². The minimum Gasteiger partial charge on any atom is -0.394 e. The number of ether oxygens (including phenoxy) is 5. The molecule has 1 fully saturated rings. The van der Waals surface area contributed by atoms with Crippen molar-refractivity contribution < 1.29 is 28.8 Å². The summed E-state index contributed by atoms with van der Waals surface area (Å²) < 4.78 is 31.9. The van der Waals surface area contributed by atoms with Crippen molar-refractivity contribution in [2.75, 3.05) is 19.8 Å². The first-order valence-corrected chi connectivity index (χ1v) is 13.8. The summed E-state index contributed by atoms with van der Waals surface area (Å²) >= 11 is 0. The van der Waals surface area contributed by atoms with E-state index in [1.54, 1.807) is 0 Å². The van der Waals surface area contributed by atoms with Gasteiger partial charge in [0, 0.05) is 6.61 Å². The number of nitrogens with two attached hydrogens (primary N) is 1. The molecule has 0 aromatic heterocycles. The fourth-order valence-corrected chi connectivity index (χ4v) is 4.65. The Hall–Kier alpha value is -2.62. The van der Waals surface area contributed by atoms with Crippen molar-refractivity contribution in [3.8, 4) is 0 Å². The first-order chi connectivity index (χ1) is 19.3. The zero-order chi connectivity index (χ0) is 27.1. The molecule has 3 aromatic carbocycles. The van der Waals surface area contributed by atoms with Crippen molar-refractivity contribution in [1.82, 2.24) is 0 Å². The van der Waals surface area contributed by atoms with E-state index in [0.717, 1.165) is 36.0 Å². The molecule has 0 bridgehead atoms. The third-order valence-electron chi connectivity index (χ3n) is 6.76. The van der Waals surface area contributed by atoms with Gasteiger partial charge in [-0.25, -0.2) is 0 Å². The Kier molecular flexibility index (Phi) is 12.4. The lowest BCUT2D eigenvalue weighted by Crippen LogP contribution is -2.61. The van der Waals surface area contributed by atoms with E-state index in [1.165, 1.54) is 0 Å². The molecule has 0 radical (unpaired) electrons. The smallest absolute Gasteiger partial charge is 0.186 e. The van der Waals surface area contributed by atoms with Crippen LogP contribution in [0.2, 0.25) is 0 Å². The fourth-order valence-electron chi connectivity index (χ4n) is 4.65. The molecular formula is C32H41NO6. The van der Waals surface area contributed by atoms with Gasteiger partial charge in [0.25, 0.3) is 0 Å². The summed E-state index contributed by atoms with van der Waals surface area (Å²) in [5.74, 6) is 0. The molecule has 1 aliphatic rings. The van der Waals surface area contributed by atoms with E-state index >= 15 is 0 Å². The Bertz CT molecular complexity index is 1040. The molecule has 210 valence electrons. The number of hydrogen-bond acceptors (Lipinski definition) is 7. The van der Waals surface area contributed by atoms with Crippen LogP contribution in [0.15, 0.2) is 91.0 Å². The van der Waals surface area contributed by atoms with E-state index in [-0.39, 0.29) is 6.61 Å². The highest BCUT2D eigenvalue weighted by Crippen LogP contribution is 2.31. The molecule has 0 amide bonds. The fraction of sp³-hybridized carbons (Fsp3) is 0.438. The SMILES string of the molecule is NCCCCCOC1OC(CO)C(OCc2ccccc2)C(OCc2ccccc2)C1OCc1ccccc1. The molecule has 7 heteroatoms. The molecule has 39 heavy (non-hydrogen) atoms. The zero-order valence-electron chi connectivity index (χ0n) is 22.5. The van der Waals surface area contributed by atoms with Gasteiger partial charge in [0.2, 0.25) is 0 Å². The van der Waals surface area contributed by atoms with Crippen LogP contribution < -0.4 is 5.73 Å². The average Bonchev–Trinajstić information content (AvgIpc) is 2.99. The van der Waals surface area contributed by atoms with Crippen LogP contribution in [0.5, 0.6) is 0 Å². The predicted molar refractivity (Wildman–Crippen MR) is 150 cm³/mol. The summed E-state index contributed by atoms with van der Waals surface area (Å²) in [6.07, 6.45) is -0.280. The van der Waals surface area contributed by atoms with Crippen LogP contribution in [0.4, 0.5) is 0 Å². The molecule has 5 unspecified atom stereocenters. The molecule has 4 rings (SSSR count). The van der Waals surface area contributed by atoms with Crippen molar-refractivity contribution in [3.63, 3.8) is 0 Å². The van der Waals surface area contributed by atoms with Crippen LogP contribution in [0.3, 0.4) is 0 Å². The largest absolute Gasteiger partial charge is 0.394 e. The first kappa shape index (κ1) is 29.4. The lowest BCUT2D eigenvalue weighted by atomic mass is 9.98. The molecule has 1 aliphatic heterocycles. The summed E-state index contributed by atoms with van der Waals surface area (Å²) in [5, 5.41) is 10.3. The van der Waals surface area contributed by atoms with Gasteiger partial charge in [-0.2, -0.15) is 0 Å². The van der Waals surface area contributed by atoms with E-state index in [4.69, 9.17) is 29.4 Å². The summed E-state index contributed by atoms with van der Waals surface area (Å²) in [6.45, 7) is 2.00. The standard InChI is InChI=1S/C32H41NO6/c33-19-11-4-12-20-35-32-31(38-24-27-17-9-3-10-18-27)30(37-23-26-15-7-2-8-16-26)29(28(21-34)39-32)36-22-25-13-5-1-6-14-25/h1-3,5-10,13-18,28-32,34H,4,11-12,19-24,33H2. The van der Waals surface area contributed by atoms with Gasteiger partial charge in [0.1, 0.15) is 24.4 Å². The highest BCUT2D eigenvalue weighted by atomic mass is 16.7. The van der Waals surface area contributed by atoms with E-state index in [2.05, 4.69) is 0 Å². The van der Waals surface area contributed by atoms with E-state index in [9.17, 15) is 5.11 Å². The second-order valence-electron chi connectivity index (χ2n) is 9.73. The number of hydrogen-bond donors (Lipinski definition) is 2.